The fraction of sp³-hybridized carbons (Fsp3) is 0.273. The van der Waals surface area contributed by atoms with Crippen molar-refractivity contribution in [2.24, 2.45) is 9.98 Å². The predicted octanol–water partition coefficient (Wildman–Crippen LogP) is 1.48. The molecule has 4 heteroatoms. The Morgan fingerprint density at radius 1 is 1.07 bits per heavy atom. The fourth-order valence-corrected chi connectivity index (χ4v) is 1.02. The standard InChI is InChI=1S/C6H7NO.C5H5NO/c1-2-5-6(8)3-4-7-5;1-4-5(7)2-3-6-4/h3-4H,2H2,1H3;2-3H,1H3. The van der Waals surface area contributed by atoms with Crippen LogP contribution >= 0.6 is 0 Å². The Morgan fingerprint density at radius 2 is 1.67 bits per heavy atom. The van der Waals surface area contributed by atoms with Crippen LogP contribution in [0.3, 0.4) is 0 Å². The van der Waals surface area contributed by atoms with Gasteiger partial charge in [0.25, 0.3) is 0 Å². The average molecular weight is 204 g/mol. The molecule has 0 atom stereocenters. The van der Waals surface area contributed by atoms with Crippen LogP contribution in [-0.4, -0.2) is 23.0 Å². The Labute approximate surface area is 88.1 Å². The monoisotopic (exact) mass is 204 g/mol. The zero-order valence-corrected chi connectivity index (χ0v) is 8.73. The van der Waals surface area contributed by atoms with Crippen molar-refractivity contribution in [3.8, 4) is 0 Å². The van der Waals surface area contributed by atoms with E-state index < -0.39 is 0 Å². The molecule has 0 bridgehead atoms. The molecule has 0 unspecified atom stereocenters. The van der Waals surface area contributed by atoms with Crippen LogP contribution in [0.1, 0.15) is 20.3 Å². The maximum absolute atomic E-state index is 10.6. The third kappa shape index (κ3) is 3.09. The van der Waals surface area contributed by atoms with E-state index in [1.165, 1.54) is 18.4 Å². The highest BCUT2D eigenvalue weighted by Gasteiger charge is 2.07. The van der Waals surface area contributed by atoms with Gasteiger partial charge >= 0.3 is 0 Å². The van der Waals surface area contributed by atoms with Crippen LogP contribution < -0.4 is 0 Å². The van der Waals surface area contributed by atoms with E-state index in [4.69, 9.17) is 0 Å². The summed E-state index contributed by atoms with van der Waals surface area (Å²) in [5, 5.41) is 0. The molecule has 0 aromatic carbocycles. The van der Waals surface area contributed by atoms with E-state index in [-0.39, 0.29) is 11.6 Å². The summed E-state index contributed by atoms with van der Waals surface area (Å²) >= 11 is 0. The van der Waals surface area contributed by atoms with Crippen LogP contribution in [-0.2, 0) is 9.59 Å². The quantitative estimate of drug-likeness (QED) is 0.649. The Bertz CT molecular complexity index is 401. The van der Waals surface area contributed by atoms with Crippen molar-refractivity contribution < 1.29 is 9.59 Å². The summed E-state index contributed by atoms with van der Waals surface area (Å²) < 4.78 is 0. The topological polar surface area (TPSA) is 58.9 Å². The maximum Gasteiger partial charge on any atom is 0.201 e. The summed E-state index contributed by atoms with van der Waals surface area (Å²) in [6.45, 7) is 3.62. The van der Waals surface area contributed by atoms with Gasteiger partial charge in [-0.2, -0.15) is 0 Å². The molecule has 2 aliphatic heterocycles. The maximum atomic E-state index is 10.6. The Hall–Kier alpha value is -1.84. The van der Waals surface area contributed by atoms with Gasteiger partial charge < -0.3 is 0 Å². The highest BCUT2D eigenvalue weighted by molar-refractivity contribution is 6.45. The first-order valence-electron chi connectivity index (χ1n) is 4.68. The molecule has 0 aliphatic carbocycles. The van der Waals surface area contributed by atoms with Crippen LogP contribution in [0.4, 0.5) is 0 Å². The summed E-state index contributed by atoms with van der Waals surface area (Å²) in [6, 6.07) is 0. The lowest BCUT2D eigenvalue weighted by Gasteiger charge is -1.85. The van der Waals surface area contributed by atoms with Crippen LogP contribution in [0.2, 0.25) is 0 Å². The van der Waals surface area contributed by atoms with E-state index in [0.717, 1.165) is 6.42 Å². The van der Waals surface area contributed by atoms with Crippen molar-refractivity contribution in [3.63, 3.8) is 0 Å². The van der Waals surface area contributed by atoms with E-state index >= 15 is 0 Å². The molecular formula is C11H12N2O2. The van der Waals surface area contributed by atoms with Gasteiger partial charge in [-0.1, -0.05) is 6.92 Å². The molecule has 2 rings (SSSR count). The van der Waals surface area contributed by atoms with E-state index in [2.05, 4.69) is 9.98 Å². The minimum Gasteiger partial charge on any atom is -0.288 e. The summed E-state index contributed by atoms with van der Waals surface area (Å²) in [4.78, 5) is 28.5. The van der Waals surface area contributed by atoms with Gasteiger partial charge in [-0.3, -0.25) is 19.6 Å². The number of allylic oxidation sites excluding steroid dienone is 2. The molecule has 0 radical (unpaired) electrons. The highest BCUT2D eigenvalue weighted by atomic mass is 16.1. The summed E-state index contributed by atoms with van der Waals surface area (Å²) in [6.07, 6.45) is 6.73. The van der Waals surface area contributed by atoms with Crippen LogP contribution in [0, 0.1) is 0 Å². The lowest BCUT2D eigenvalue weighted by molar-refractivity contribution is -0.109. The molecule has 0 N–H and O–H groups in total. The summed E-state index contributed by atoms with van der Waals surface area (Å²) in [5.74, 6) is 0.0903. The van der Waals surface area contributed by atoms with E-state index in [1.807, 2.05) is 6.92 Å². The lowest BCUT2D eigenvalue weighted by Crippen LogP contribution is -2.04. The third-order valence-corrected chi connectivity index (χ3v) is 1.93. The van der Waals surface area contributed by atoms with Crippen LogP contribution in [0.15, 0.2) is 34.5 Å². The van der Waals surface area contributed by atoms with Crippen molar-refractivity contribution in [3.05, 3.63) is 24.6 Å². The van der Waals surface area contributed by atoms with Crippen molar-refractivity contribution in [1.29, 1.82) is 0 Å². The van der Waals surface area contributed by atoms with E-state index in [1.54, 1.807) is 13.1 Å². The molecular weight excluding hydrogens is 192 g/mol. The summed E-state index contributed by atoms with van der Waals surface area (Å²) in [7, 11) is 0. The van der Waals surface area contributed by atoms with Crippen LogP contribution in [0.25, 0.3) is 0 Å². The number of carbonyl (C=O) groups excluding carboxylic acids is 2. The highest BCUT2D eigenvalue weighted by Crippen LogP contribution is 1.97. The van der Waals surface area contributed by atoms with Crippen molar-refractivity contribution >= 4 is 23.0 Å². The first-order valence-corrected chi connectivity index (χ1v) is 4.68. The van der Waals surface area contributed by atoms with E-state index in [0.29, 0.717) is 11.4 Å². The molecule has 0 amide bonds. The molecule has 4 nitrogen and oxygen atoms in total. The zero-order chi connectivity index (χ0) is 11.3. The lowest BCUT2D eigenvalue weighted by atomic mass is 10.2. The van der Waals surface area contributed by atoms with E-state index in [9.17, 15) is 9.59 Å². The zero-order valence-electron chi connectivity index (χ0n) is 8.73. The van der Waals surface area contributed by atoms with Gasteiger partial charge in [0.1, 0.15) is 0 Å². The second kappa shape index (κ2) is 5.14. The second-order valence-corrected chi connectivity index (χ2v) is 3.00. The fourth-order valence-electron chi connectivity index (χ4n) is 1.02. The molecule has 0 aromatic rings. The van der Waals surface area contributed by atoms with Crippen molar-refractivity contribution in [2.75, 3.05) is 0 Å². The Balaban J connectivity index is 0.000000151. The molecule has 0 saturated carbocycles. The molecule has 0 fully saturated rings. The van der Waals surface area contributed by atoms with Crippen molar-refractivity contribution in [2.45, 2.75) is 20.3 Å². The first kappa shape index (κ1) is 11.2. The van der Waals surface area contributed by atoms with Gasteiger partial charge in [0, 0.05) is 24.6 Å². The molecule has 78 valence electrons. The number of aliphatic imine (C=N–C) groups is 2. The number of hydrogen-bond donors (Lipinski definition) is 0. The second-order valence-electron chi connectivity index (χ2n) is 3.00. The van der Waals surface area contributed by atoms with Gasteiger partial charge in [-0.25, -0.2) is 0 Å². The van der Waals surface area contributed by atoms with Gasteiger partial charge in [0.2, 0.25) is 11.6 Å². The minimum absolute atomic E-state index is 0.0278. The molecule has 2 heterocycles. The number of rotatable bonds is 1. The third-order valence-electron chi connectivity index (χ3n) is 1.93. The Kier molecular flexibility index (Phi) is 3.85. The molecule has 0 saturated heterocycles. The molecule has 2 aliphatic rings. The van der Waals surface area contributed by atoms with Gasteiger partial charge in [-0.15, -0.1) is 0 Å². The number of hydrogen-bond acceptors (Lipinski definition) is 4. The minimum atomic E-state index is 0.0278. The summed E-state index contributed by atoms with van der Waals surface area (Å²) in [5.41, 5.74) is 1.25. The molecule has 0 spiro atoms. The number of carbonyl (C=O) groups is 2. The van der Waals surface area contributed by atoms with Crippen molar-refractivity contribution in [1.82, 2.24) is 0 Å². The normalized spacial score (nSPS) is 17.5. The SMILES string of the molecule is CC1=NC=CC1=O.CCC1=NC=CC1=O. The largest absolute Gasteiger partial charge is 0.288 e. The average Bonchev–Trinajstić information content (AvgIpc) is 2.78. The first-order chi connectivity index (χ1) is 7.15. The van der Waals surface area contributed by atoms with Gasteiger partial charge in [0.05, 0.1) is 11.4 Å². The number of nitrogens with zero attached hydrogens (tertiary/aromatic N) is 2. The molecule has 0 aromatic heterocycles. The van der Waals surface area contributed by atoms with Crippen LogP contribution in [0.5, 0.6) is 0 Å². The number of ketones is 2. The molecule has 15 heavy (non-hydrogen) atoms. The van der Waals surface area contributed by atoms with Gasteiger partial charge in [0.15, 0.2) is 0 Å². The predicted molar refractivity (Wildman–Crippen MR) is 59.1 cm³/mol. The Morgan fingerprint density at radius 3 is 1.87 bits per heavy atom. The van der Waals surface area contributed by atoms with Gasteiger partial charge in [-0.05, 0) is 13.3 Å². The smallest absolute Gasteiger partial charge is 0.201 e.